The Balaban J connectivity index is 1.41. The molecule has 0 fully saturated rings. The predicted octanol–water partition coefficient (Wildman–Crippen LogP) is 1.43. The molecule has 0 atom stereocenters. The lowest BCUT2D eigenvalue weighted by Gasteiger charge is -2.05. The number of carbonyl (C=O) groups is 1. The summed E-state index contributed by atoms with van der Waals surface area (Å²) < 4.78 is 23.9. The van der Waals surface area contributed by atoms with Crippen LogP contribution in [-0.4, -0.2) is 63.8 Å². The van der Waals surface area contributed by atoms with Gasteiger partial charge in [-0.1, -0.05) is 18.2 Å². The first-order valence-electron chi connectivity index (χ1n) is 9.86. The monoisotopic (exact) mass is 464 g/mol. The van der Waals surface area contributed by atoms with Crippen LogP contribution in [0.5, 0.6) is 0 Å². The Bertz CT molecular complexity index is 1400. The van der Waals surface area contributed by atoms with Gasteiger partial charge in [-0.2, -0.15) is 14.9 Å². The van der Waals surface area contributed by atoms with Crippen LogP contribution in [0.2, 0.25) is 0 Å². The van der Waals surface area contributed by atoms with Crippen molar-refractivity contribution < 1.29 is 13.2 Å². The van der Waals surface area contributed by atoms with E-state index in [1.54, 1.807) is 47.6 Å². The quantitative estimate of drug-likeness (QED) is 0.294. The Hall–Kier alpha value is -4.19. The van der Waals surface area contributed by atoms with Crippen molar-refractivity contribution in [2.75, 3.05) is 24.0 Å². The van der Waals surface area contributed by atoms with Crippen molar-refractivity contribution in [2.45, 2.75) is 0 Å². The molecule has 4 rings (SSSR count). The summed E-state index contributed by atoms with van der Waals surface area (Å²) in [5.41, 5.74) is 4.66. The molecule has 0 unspecified atom stereocenters. The molecule has 0 spiro atoms. The summed E-state index contributed by atoms with van der Waals surface area (Å²) >= 11 is 0. The summed E-state index contributed by atoms with van der Waals surface area (Å²) in [6.45, 7) is 0.0646. The smallest absolute Gasteiger partial charge is 0.251 e. The van der Waals surface area contributed by atoms with E-state index in [0.717, 1.165) is 11.8 Å². The van der Waals surface area contributed by atoms with Gasteiger partial charge in [-0.05, 0) is 29.8 Å². The molecule has 0 aliphatic carbocycles. The van der Waals surface area contributed by atoms with Crippen LogP contribution in [0.4, 0.5) is 5.82 Å². The highest BCUT2D eigenvalue weighted by Crippen LogP contribution is 2.20. The third-order valence-electron chi connectivity index (χ3n) is 4.55. The van der Waals surface area contributed by atoms with E-state index >= 15 is 0 Å². The Morgan fingerprint density at radius 1 is 1.12 bits per heavy atom. The highest BCUT2D eigenvalue weighted by Gasteiger charge is 2.11. The van der Waals surface area contributed by atoms with Gasteiger partial charge in [0.05, 0.1) is 23.6 Å². The number of nitrogens with zero attached hydrogens (tertiary/aromatic N) is 6. The fourth-order valence-corrected chi connectivity index (χ4v) is 3.39. The molecule has 11 nitrogen and oxygen atoms in total. The highest BCUT2D eigenvalue weighted by atomic mass is 32.2. The molecular formula is C21H20N8O3S. The van der Waals surface area contributed by atoms with Gasteiger partial charge in [0, 0.05) is 24.6 Å². The van der Waals surface area contributed by atoms with Crippen LogP contribution in [0.1, 0.15) is 15.9 Å². The van der Waals surface area contributed by atoms with Gasteiger partial charge in [0.15, 0.2) is 17.3 Å². The SMILES string of the molecule is CS(=O)(=O)CCNC(=O)c1ccc(C=NNc2ncnc3c2cnn3-c2ccccn2)cc1. The van der Waals surface area contributed by atoms with E-state index in [1.807, 2.05) is 18.2 Å². The summed E-state index contributed by atoms with van der Waals surface area (Å²) in [5, 5.41) is 11.8. The maximum absolute atomic E-state index is 12.1. The normalized spacial score (nSPS) is 11.7. The summed E-state index contributed by atoms with van der Waals surface area (Å²) in [6, 6.07) is 12.2. The zero-order chi connectivity index (χ0) is 23.3. The third-order valence-corrected chi connectivity index (χ3v) is 5.49. The third kappa shape index (κ3) is 5.54. The van der Waals surface area contributed by atoms with Crippen molar-refractivity contribution in [3.8, 4) is 5.82 Å². The Morgan fingerprint density at radius 2 is 1.94 bits per heavy atom. The number of anilines is 1. The second-order valence-corrected chi connectivity index (χ2v) is 9.34. The number of rotatable bonds is 8. The maximum Gasteiger partial charge on any atom is 0.251 e. The number of fused-ring (bicyclic) bond motifs is 1. The maximum atomic E-state index is 12.1. The van der Waals surface area contributed by atoms with E-state index in [9.17, 15) is 13.2 Å². The van der Waals surface area contributed by atoms with E-state index in [0.29, 0.717) is 28.2 Å². The zero-order valence-corrected chi connectivity index (χ0v) is 18.4. The lowest BCUT2D eigenvalue weighted by atomic mass is 10.1. The largest absolute Gasteiger partial charge is 0.351 e. The highest BCUT2D eigenvalue weighted by molar-refractivity contribution is 7.90. The molecule has 0 saturated heterocycles. The average molecular weight is 465 g/mol. The number of benzene rings is 1. The topological polar surface area (TPSA) is 144 Å². The number of pyridine rings is 1. The molecule has 3 aromatic heterocycles. The van der Waals surface area contributed by atoms with Crippen LogP contribution in [0.25, 0.3) is 16.9 Å². The first-order chi connectivity index (χ1) is 15.9. The van der Waals surface area contributed by atoms with E-state index in [1.165, 1.54) is 6.33 Å². The molecule has 0 aliphatic rings. The van der Waals surface area contributed by atoms with Crippen molar-refractivity contribution in [3.05, 3.63) is 72.3 Å². The number of hydrogen-bond donors (Lipinski definition) is 2. The number of amides is 1. The van der Waals surface area contributed by atoms with Crippen LogP contribution in [0.3, 0.4) is 0 Å². The first kappa shape index (κ1) is 22.0. The van der Waals surface area contributed by atoms with Crippen LogP contribution in [-0.2, 0) is 9.84 Å². The molecule has 1 aromatic carbocycles. The Labute approximate surface area is 189 Å². The lowest BCUT2D eigenvalue weighted by molar-refractivity contribution is 0.0956. The number of aromatic nitrogens is 5. The number of hydrazone groups is 1. The first-order valence-corrected chi connectivity index (χ1v) is 11.9. The van der Waals surface area contributed by atoms with E-state index in [-0.39, 0.29) is 18.2 Å². The lowest BCUT2D eigenvalue weighted by Crippen LogP contribution is -2.28. The van der Waals surface area contributed by atoms with Crippen molar-refractivity contribution in [2.24, 2.45) is 5.10 Å². The molecule has 4 aromatic rings. The van der Waals surface area contributed by atoms with Gasteiger partial charge in [0.1, 0.15) is 16.2 Å². The van der Waals surface area contributed by atoms with Gasteiger partial charge in [-0.15, -0.1) is 0 Å². The minimum Gasteiger partial charge on any atom is -0.351 e. The molecular weight excluding hydrogens is 444 g/mol. The van der Waals surface area contributed by atoms with Crippen LogP contribution >= 0.6 is 0 Å². The molecule has 3 heterocycles. The second kappa shape index (κ2) is 9.53. The van der Waals surface area contributed by atoms with E-state index in [2.05, 4.69) is 35.9 Å². The van der Waals surface area contributed by atoms with Crippen molar-refractivity contribution >= 4 is 38.8 Å². The van der Waals surface area contributed by atoms with E-state index in [4.69, 9.17) is 0 Å². The van der Waals surface area contributed by atoms with Crippen molar-refractivity contribution in [3.63, 3.8) is 0 Å². The number of carbonyl (C=O) groups excluding carboxylic acids is 1. The standard InChI is InChI=1S/C21H20N8O3S/c1-33(31,32)11-10-23-21(30)16-7-5-15(6-8-16)12-26-28-19-17-13-27-29(20(17)25-14-24-19)18-4-2-3-9-22-18/h2-9,12-14H,10-11H2,1H3,(H,23,30)(H,24,25,28). The van der Waals surface area contributed by atoms with Crippen LogP contribution < -0.4 is 10.7 Å². The Morgan fingerprint density at radius 3 is 2.67 bits per heavy atom. The zero-order valence-electron chi connectivity index (χ0n) is 17.6. The fourth-order valence-electron chi connectivity index (χ4n) is 2.92. The molecule has 33 heavy (non-hydrogen) atoms. The summed E-state index contributed by atoms with van der Waals surface area (Å²) in [6.07, 6.45) is 7.44. The molecule has 2 N–H and O–H groups in total. The molecule has 0 radical (unpaired) electrons. The van der Waals surface area contributed by atoms with E-state index < -0.39 is 9.84 Å². The minimum absolute atomic E-state index is 0.0646. The van der Waals surface area contributed by atoms with Gasteiger partial charge >= 0.3 is 0 Å². The summed E-state index contributed by atoms with van der Waals surface area (Å²) in [4.78, 5) is 24.9. The number of sulfone groups is 1. The molecule has 0 bridgehead atoms. The number of hydrogen-bond acceptors (Lipinski definition) is 9. The summed E-state index contributed by atoms with van der Waals surface area (Å²) in [7, 11) is -3.13. The molecule has 0 aliphatic heterocycles. The van der Waals surface area contributed by atoms with Crippen LogP contribution in [0, 0.1) is 0 Å². The molecule has 0 saturated carbocycles. The van der Waals surface area contributed by atoms with Crippen molar-refractivity contribution in [1.29, 1.82) is 0 Å². The summed E-state index contributed by atoms with van der Waals surface area (Å²) in [5.74, 6) is 0.682. The van der Waals surface area contributed by atoms with Gasteiger partial charge < -0.3 is 5.32 Å². The fraction of sp³-hybridized carbons (Fsp3) is 0.143. The average Bonchev–Trinajstić information content (AvgIpc) is 3.24. The van der Waals surface area contributed by atoms with Gasteiger partial charge in [0.2, 0.25) is 0 Å². The predicted molar refractivity (Wildman–Crippen MR) is 124 cm³/mol. The molecule has 168 valence electrons. The second-order valence-electron chi connectivity index (χ2n) is 7.08. The minimum atomic E-state index is -3.13. The van der Waals surface area contributed by atoms with Crippen LogP contribution in [0.15, 0.2) is 66.3 Å². The van der Waals surface area contributed by atoms with Gasteiger partial charge in [-0.3, -0.25) is 10.2 Å². The molecule has 12 heteroatoms. The Kier molecular flexibility index (Phi) is 6.36. The number of nitrogens with one attached hydrogen (secondary N) is 2. The molecule has 1 amide bonds. The van der Waals surface area contributed by atoms with Gasteiger partial charge in [-0.25, -0.2) is 23.4 Å². The van der Waals surface area contributed by atoms with Crippen molar-refractivity contribution in [1.82, 2.24) is 30.0 Å². The van der Waals surface area contributed by atoms with Gasteiger partial charge in [0.25, 0.3) is 5.91 Å².